The van der Waals surface area contributed by atoms with Crippen LogP contribution in [0.4, 0.5) is 4.79 Å². The zero-order valence-electron chi connectivity index (χ0n) is 12.3. The summed E-state index contributed by atoms with van der Waals surface area (Å²) in [6.07, 6.45) is 0.772. The first-order valence-corrected chi connectivity index (χ1v) is 6.55. The molecule has 1 saturated heterocycles. The summed E-state index contributed by atoms with van der Waals surface area (Å²) < 4.78 is 15.0. The quantitative estimate of drug-likeness (QED) is 0.678. The van der Waals surface area contributed by atoms with E-state index in [1.807, 2.05) is 0 Å². The van der Waals surface area contributed by atoms with Crippen molar-refractivity contribution in [3.05, 3.63) is 29.5 Å². The standard InChI is InChI=1S/C15H15NO6/c1-8-12(16-15(19)20-8)6-11-4-5-13(21-9(2)17)14(7-11)22-10(3)18/h4-8H,1-3H3,(H,16,19). The van der Waals surface area contributed by atoms with Gasteiger partial charge in [0, 0.05) is 13.8 Å². The van der Waals surface area contributed by atoms with E-state index in [9.17, 15) is 14.4 Å². The molecule has 7 heteroatoms. The zero-order valence-corrected chi connectivity index (χ0v) is 12.3. The lowest BCUT2D eigenvalue weighted by atomic mass is 10.1. The molecule has 116 valence electrons. The number of nitrogens with one attached hydrogen (secondary N) is 1. The fourth-order valence-corrected chi connectivity index (χ4v) is 1.89. The van der Waals surface area contributed by atoms with Gasteiger partial charge in [-0.2, -0.15) is 0 Å². The minimum Gasteiger partial charge on any atom is -0.440 e. The Kier molecular flexibility index (Phi) is 4.45. The molecule has 1 atom stereocenters. The number of hydrogen-bond donors (Lipinski definition) is 1. The van der Waals surface area contributed by atoms with Crippen LogP contribution in [0.3, 0.4) is 0 Å². The monoisotopic (exact) mass is 305 g/mol. The van der Waals surface area contributed by atoms with E-state index in [0.29, 0.717) is 11.3 Å². The zero-order chi connectivity index (χ0) is 16.3. The minimum atomic E-state index is -0.538. The number of ether oxygens (including phenoxy) is 3. The lowest BCUT2D eigenvalue weighted by Gasteiger charge is -2.10. The van der Waals surface area contributed by atoms with Gasteiger partial charge >= 0.3 is 18.0 Å². The normalized spacial score (nSPS) is 18.6. The highest BCUT2D eigenvalue weighted by molar-refractivity contribution is 5.77. The average Bonchev–Trinajstić information content (AvgIpc) is 2.70. The molecule has 0 radical (unpaired) electrons. The third-order valence-corrected chi connectivity index (χ3v) is 2.77. The van der Waals surface area contributed by atoms with Gasteiger partial charge in [-0.25, -0.2) is 4.79 Å². The first-order chi connectivity index (χ1) is 10.3. The van der Waals surface area contributed by atoms with Crippen LogP contribution < -0.4 is 14.8 Å². The molecule has 0 spiro atoms. The fourth-order valence-electron chi connectivity index (χ4n) is 1.89. The first-order valence-electron chi connectivity index (χ1n) is 6.55. The summed E-state index contributed by atoms with van der Waals surface area (Å²) in [6, 6.07) is 4.70. The number of carbonyl (C=O) groups is 3. The Morgan fingerprint density at radius 2 is 1.82 bits per heavy atom. The van der Waals surface area contributed by atoms with Gasteiger partial charge in [0.1, 0.15) is 6.10 Å². The van der Waals surface area contributed by atoms with E-state index in [0.717, 1.165) is 0 Å². The van der Waals surface area contributed by atoms with E-state index in [-0.39, 0.29) is 11.5 Å². The topological polar surface area (TPSA) is 90.9 Å². The highest BCUT2D eigenvalue weighted by Crippen LogP contribution is 2.30. The van der Waals surface area contributed by atoms with E-state index >= 15 is 0 Å². The van der Waals surface area contributed by atoms with Crippen molar-refractivity contribution in [2.75, 3.05) is 0 Å². The molecule has 1 amide bonds. The third-order valence-electron chi connectivity index (χ3n) is 2.77. The molecule has 1 fully saturated rings. The Labute approximate surface area is 126 Å². The van der Waals surface area contributed by atoms with Crippen molar-refractivity contribution in [2.24, 2.45) is 0 Å². The van der Waals surface area contributed by atoms with E-state index in [1.165, 1.54) is 26.0 Å². The molecular formula is C15H15NO6. The van der Waals surface area contributed by atoms with Crippen LogP contribution in [-0.4, -0.2) is 24.1 Å². The van der Waals surface area contributed by atoms with Gasteiger partial charge in [-0.05, 0) is 30.7 Å². The number of hydrogen-bond acceptors (Lipinski definition) is 6. The molecule has 1 aromatic carbocycles. The largest absolute Gasteiger partial charge is 0.440 e. The first kappa shape index (κ1) is 15.6. The number of alkyl carbamates (subject to hydrolysis) is 1. The molecule has 0 saturated carbocycles. The molecule has 2 rings (SSSR count). The van der Waals surface area contributed by atoms with Crippen LogP contribution in [0.1, 0.15) is 26.3 Å². The molecule has 22 heavy (non-hydrogen) atoms. The second kappa shape index (κ2) is 6.30. The smallest absolute Gasteiger partial charge is 0.412 e. The lowest BCUT2D eigenvalue weighted by Crippen LogP contribution is -2.11. The van der Waals surface area contributed by atoms with Crippen molar-refractivity contribution >= 4 is 24.1 Å². The van der Waals surface area contributed by atoms with Crippen molar-refractivity contribution in [3.8, 4) is 11.5 Å². The third kappa shape index (κ3) is 3.85. The van der Waals surface area contributed by atoms with Gasteiger partial charge in [-0.3, -0.25) is 14.9 Å². The van der Waals surface area contributed by atoms with Gasteiger partial charge in [0.25, 0.3) is 0 Å². The number of esters is 2. The second-order valence-electron chi connectivity index (χ2n) is 4.67. The Hall–Kier alpha value is -2.83. The summed E-state index contributed by atoms with van der Waals surface area (Å²) in [7, 11) is 0. The summed E-state index contributed by atoms with van der Waals surface area (Å²) in [4.78, 5) is 33.3. The molecule has 0 bridgehead atoms. The number of cyclic esters (lactones) is 1. The van der Waals surface area contributed by atoms with E-state index in [4.69, 9.17) is 14.2 Å². The minimum absolute atomic E-state index is 0.120. The van der Waals surface area contributed by atoms with Crippen molar-refractivity contribution < 1.29 is 28.6 Å². The summed E-state index contributed by atoms with van der Waals surface area (Å²) in [5, 5.41) is 2.57. The molecule has 0 aromatic heterocycles. The Morgan fingerprint density at radius 1 is 1.18 bits per heavy atom. The highest BCUT2D eigenvalue weighted by atomic mass is 16.6. The van der Waals surface area contributed by atoms with Gasteiger partial charge in [-0.1, -0.05) is 6.07 Å². The second-order valence-corrected chi connectivity index (χ2v) is 4.67. The van der Waals surface area contributed by atoms with Crippen molar-refractivity contribution in [1.82, 2.24) is 5.32 Å². The molecule has 0 aliphatic carbocycles. The number of amides is 1. The molecule has 1 aliphatic rings. The van der Waals surface area contributed by atoms with Gasteiger partial charge in [0.05, 0.1) is 5.70 Å². The summed E-state index contributed by atoms with van der Waals surface area (Å²) in [5.74, 6) is -0.798. The van der Waals surface area contributed by atoms with Crippen molar-refractivity contribution in [3.63, 3.8) is 0 Å². The van der Waals surface area contributed by atoms with Crippen LogP contribution in [-0.2, 0) is 14.3 Å². The van der Waals surface area contributed by atoms with Gasteiger partial charge in [0.2, 0.25) is 0 Å². The molecule has 7 nitrogen and oxygen atoms in total. The van der Waals surface area contributed by atoms with Crippen LogP contribution in [0.25, 0.3) is 6.08 Å². The SMILES string of the molecule is CC(=O)Oc1ccc(C=C2NC(=O)OC2C)cc1OC(C)=O. The van der Waals surface area contributed by atoms with Gasteiger partial charge in [-0.15, -0.1) is 0 Å². The highest BCUT2D eigenvalue weighted by Gasteiger charge is 2.24. The Balaban J connectivity index is 2.33. The van der Waals surface area contributed by atoms with Gasteiger partial charge < -0.3 is 14.2 Å². The maximum Gasteiger partial charge on any atom is 0.412 e. The number of rotatable bonds is 3. The average molecular weight is 305 g/mol. The molecule has 1 aromatic rings. The lowest BCUT2D eigenvalue weighted by molar-refractivity contribution is -0.134. The summed E-state index contributed by atoms with van der Waals surface area (Å²) >= 11 is 0. The predicted molar refractivity (Wildman–Crippen MR) is 76.1 cm³/mol. The summed E-state index contributed by atoms with van der Waals surface area (Å²) in [5.41, 5.74) is 1.24. The maximum atomic E-state index is 11.1. The van der Waals surface area contributed by atoms with E-state index < -0.39 is 24.1 Å². The van der Waals surface area contributed by atoms with Crippen molar-refractivity contribution in [2.45, 2.75) is 26.9 Å². The molecule has 1 aliphatic heterocycles. The molecule has 1 heterocycles. The van der Waals surface area contributed by atoms with Crippen LogP contribution in [0.2, 0.25) is 0 Å². The van der Waals surface area contributed by atoms with Crippen LogP contribution in [0, 0.1) is 0 Å². The fraction of sp³-hybridized carbons (Fsp3) is 0.267. The van der Waals surface area contributed by atoms with Crippen LogP contribution in [0.15, 0.2) is 23.9 Å². The van der Waals surface area contributed by atoms with E-state index in [2.05, 4.69) is 5.32 Å². The Morgan fingerprint density at radius 3 is 2.36 bits per heavy atom. The maximum absolute atomic E-state index is 11.1. The van der Waals surface area contributed by atoms with Gasteiger partial charge in [0.15, 0.2) is 11.5 Å². The van der Waals surface area contributed by atoms with Crippen LogP contribution >= 0.6 is 0 Å². The summed E-state index contributed by atoms with van der Waals surface area (Å²) in [6.45, 7) is 4.22. The molecule has 1 N–H and O–H groups in total. The van der Waals surface area contributed by atoms with E-state index in [1.54, 1.807) is 19.1 Å². The Bertz CT molecular complexity index is 664. The number of carbonyl (C=O) groups excluding carboxylic acids is 3. The predicted octanol–water partition coefficient (Wildman–Crippen LogP) is 2.01. The molecular weight excluding hydrogens is 290 g/mol. The van der Waals surface area contributed by atoms with Crippen LogP contribution in [0.5, 0.6) is 11.5 Å². The molecule has 1 unspecified atom stereocenters. The number of benzene rings is 1. The van der Waals surface area contributed by atoms with Crippen molar-refractivity contribution in [1.29, 1.82) is 0 Å².